The normalized spacial score (nSPS) is 10.0. The summed E-state index contributed by atoms with van der Waals surface area (Å²) in [4.78, 5) is 15.5. The Balaban J connectivity index is 2.68. The second-order valence-corrected chi connectivity index (χ2v) is 4.11. The van der Waals surface area contributed by atoms with E-state index >= 15 is 0 Å². The molecule has 0 saturated heterocycles. The maximum absolute atomic E-state index is 11.6. The summed E-state index contributed by atoms with van der Waals surface area (Å²) < 4.78 is 0.748. The fourth-order valence-corrected chi connectivity index (χ4v) is 1.44. The van der Waals surface area contributed by atoms with E-state index in [-0.39, 0.29) is 11.7 Å². The van der Waals surface area contributed by atoms with E-state index in [4.69, 9.17) is 5.73 Å². The van der Waals surface area contributed by atoms with Gasteiger partial charge in [-0.2, -0.15) is 0 Å². The van der Waals surface area contributed by atoms with Crippen molar-refractivity contribution < 1.29 is 4.79 Å². The molecule has 5 heteroatoms. The molecule has 1 amide bonds. The van der Waals surface area contributed by atoms with E-state index in [9.17, 15) is 4.79 Å². The van der Waals surface area contributed by atoms with Crippen LogP contribution in [0.4, 0.5) is 5.82 Å². The Labute approximate surface area is 97.4 Å². The first kappa shape index (κ1) is 12.0. The number of nitrogen functional groups attached to an aromatic ring is 1. The number of pyridine rings is 1. The minimum absolute atomic E-state index is 0.172. The van der Waals surface area contributed by atoms with Crippen LogP contribution in [0.1, 0.15) is 30.1 Å². The minimum atomic E-state index is -0.172. The molecule has 1 rings (SSSR count). The van der Waals surface area contributed by atoms with Crippen LogP contribution in [0.15, 0.2) is 16.7 Å². The number of nitrogens with zero attached hydrogens (tertiary/aromatic N) is 1. The van der Waals surface area contributed by atoms with Crippen LogP contribution in [0.5, 0.6) is 0 Å². The first-order chi connectivity index (χ1) is 7.15. The number of aromatic nitrogens is 1. The summed E-state index contributed by atoms with van der Waals surface area (Å²) in [6.45, 7) is 2.74. The average Bonchev–Trinajstić information content (AvgIpc) is 2.22. The molecule has 1 heterocycles. The minimum Gasteiger partial charge on any atom is -0.383 e. The third kappa shape index (κ3) is 3.51. The van der Waals surface area contributed by atoms with Crippen LogP contribution in [0.25, 0.3) is 0 Å². The highest BCUT2D eigenvalue weighted by Gasteiger charge is 2.10. The summed E-state index contributed by atoms with van der Waals surface area (Å²) in [5, 5.41) is 2.79. The molecule has 0 saturated carbocycles. The predicted molar refractivity (Wildman–Crippen MR) is 63.6 cm³/mol. The van der Waals surface area contributed by atoms with E-state index in [0.29, 0.717) is 12.1 Å². The molecule has 82 valence electrons. The Kier molecular flexibility index (Phi) is 4.55. The van der Waals surface area contributed by atoms with Crippen LogP contribution >= 0.6 is 15.9 Å². The number of carbonyl (C=O) groups excluding carboxylic acids is 1. The lowest BCUT2D eigenvalue weighted by atomic mass is 10.2. The highest BCUT2D eigenvalue weighted by Crippen LogP contribution is 2.15. The van der Waals surface area contributed by atoms with Gasteiger partial charge in [0.25, 0.3) is 5.91 Å². The van der Waals surface area contributed by atoms with Crippen molar-refractivity contribution >= 4 is 27.7 Å². The van der Waals surface area contributed by atoms with E-state index in [2.05, 4.69) is 33.2 Å². The zero-order chi connectivity index (χ0) is 11.3. The van der Waals surface area contributed by atoms with Crippen molar-refractivity contribution in [2.75, 3.05) is 12.3 Å². The number of amides is 1. The molecule has 3 N–H and O–H groups in total. The highest BCUT2D eigenvalue weighted by molar-refractivity contribution is 9.10. The maximum atomic E-state index is 11.6. The van der Waals surface area contributed by atoms with Crippen molar-refractivity contribution in [2.45, 2.75) is 19.8 Å². The molecule has 0 aromatic carbocycles. The van der Waals surface area contributed by atoms with E-state index in [1.807, 2.05) is 0 Å². The number of anilines is 1. The van der Waals surface area contributed by atoms with Gasteiger partial charge in [-0.3, -0.25) is 4.79 Å². The lowest BCUT2D eigenvalue weighted by Crippen LogP contribution is -2.25. The molecule has 1 aromatic heterocycles. The average molecular weight is 272 g/mol. The van der Waals surface area contributed by atoms with Gasteiger partial charge in [0.15, 0.2) is 0 Å². The highest BCUT2D eigenvalue weighted by atomic mass is 79.9. The van der Waals surface area contributed by atoms with Crippen molar-refractivity contribution in [3.05, 3.63) is 22.3 Å². The Morgan fingerprint density at radius 3 is 3.07 bits per heavy atom. The lowest BCUT2D eigenvalue weighted by Gasteiger charge is -2.06. The second kappa shape index (κ2) is 5.70. The molecule has 0 bridgehead atoms. The van der Waals surface area contributed by atoms with Crippen LogP contribution in [-0.4, -0.2) is 17.4 Å². The zero-order valence-corrected chi connectivity index (χ0v) is 10.2. The van der Waals surface area contributed by atoms with Crippen molar-refractivity contribution in [3.8, 4) is 0 Å². The summed E-state index contributed by atoms with van der Waals surface area (Å²) in [5.74, 6) is 0.0851. The van der Waals surface area contributed by atoms with Crippen molar-refractivity contribution in [1.82, 2.24) is 10.3 Å². The number of unbranched alkanes of at least 4 members (excludes halogenated alkanes) is 1. The topological polar surface area (TPSA) is 68.0 Å². The summed E-state index contributed by atoms with van der Waals surface area (Å²) in [7, 11) is 0. The quantitative estimate of drug-likeness (QED) is 0.823. The van der Waals surface area contributed by atoms with E-state index in [1.54, 1.807) is 12.3 Å². The van der Waals surface area contributed by atoms with Gasteiger partial charge in [0.1, 0.15) is 5.82 Å². The number of nitrogens with one attached hydrogen (secondary N) is 1. The molecule has 0 aliphatic rings. The summed E-state index contributed by atoms with van der Waals surface area (Å²) in [6.07, 6.45) is 3.58. The van der Waals surface area contributed by atoms with E-state index < -0.39 is 0 Å². The first-order valence-corrected chi connectivity index (χ1v) is 5.63. The van der Waals surface area contributed by atoms with Gasteiger partial charge < -0.3 is 11.1 Å². The van der Waals surface area contributed by atoms with Gasteiger partial charge >= 0.3 is 0 Å². The smallest absolute Gasteiger partial charge is 0.255 e. The number of hydrogen-bond donors (Lipinski definition) is 2. The molecule has 0 atom stereocenters. The fourth-order valence-electron chi connectivity index (χ4n) is 1.11. The molecule has 1 aromatic rings. The standard InChI is InChI=1S/C10H14BrN3O/c1-2-3-4-13-10(15)8-5-7(11)6-14-9(8)12/h5-6H,2-4H2,1H3,(H2,12,14)(H,13,15). The predicted octanol–water partition coefficient (Wildman–Crippen LogP) is 1.96. The molecule has 15 heavy (non-hydrogen) atoms. The van der Waals surface area contributed by atoms with Gasteiger partial charge in [0, 0.05) is 17.2 Å². The van der Waals surface area contributed by atoms with Gasteiger partial charge in [0.05, 0.1) is 5.56 Å². The Hall–Kier alpha value is -1.10. The van der Waals surface area contributed by atoms with E-state index in [0.717, 1.165) is 17.3 Å². The monoisotopic (exact) mass is 271 g/mol. The van der Waals surface area contributed by atoms with Gasteiger partial charge in [-0.15, -0.1) is 0 Å². The number of carbonyl (C=O) groups is 1. The van der Waals surface area contributed by atoms with Crippen molar-refractivity contribution in [3.63, 3.8) is 0 Å². The van der Waals surface area contributed by atoms with Gasteiger partial charge in [-0.25, -0.2) is 4.98 Å². The summed E-state index contributed by atoms with van der Waals surface area (Å²) in [5.41, 5.74) is 6.02. The Bertz CT molecular complexity index is 355. The number of halogens is 1. The number of hydrogen-bond acceptors (Lipinski definition) is 3. The van der Waals surface area contributed by atoms with Crippen LogP contribution in [0.3, 0.4) is 0 Å². The van der Waals surface area contributed by atoms with E-state index in [1.165, 1.54) is 0 Å². The van der Waals surface area contributed by atoms with Crippen molar-refractivity contribution in [2.24, 2.45) is 0 Å². The molecule has 0 spiro atoms. The summed E-state index contributed by atoms with van der Waals surface area (Å²) >= 11 is 3.25. The van der Waals surface area contributed by atoms with Crippen LogP contribution in [0, 0.1) is 0 Å². The first-order valence-electron chi connectivity index (χ1n) is 4.84. The molecule has 0 fully saturated rings. The second-order valence-electron chi connectivity index (χ2n) is 3.20. The van der Waals surface area contributed by atoms with Crippen LogP contribution < -0.4 is 11.1 Å². The molecule has 0 aliphatic carbocycles. The third-order valence-corrected chi connectivity index (χ3v) is 2.38. The summed E-state index contributed by atoms with van der Waals surface area (Å²) in [6, 6.07) is 1.67. The lowest BCUT2D eigenvalue weighted by molar-refractivity contribution is 0.0953. The Morgan fingerprint density at radius 1 is 1.67 bits per heavy atom. The molecule has 0 radical (unpaired) electrons. The Morgan fingerprint density at radius 2 is 2.40 bits per heavy atom. The zero-order valence-electron chi connectivity index (χ0n) is 8.59. The molecular formula is C10H14BrN3O. The molecule has 0 unspecified atom stereocenters. The largest absolute Gasteiger partial charge is 0.383 e. The molecular weight excluding hydrogens is 258 g/mol. The SMILES string of the molecule is CCCCNC(=O)c1cc(Br)cnc1N. The van der Waals surface area contributed by atoms with Crippen molar-refractivity contribution in [1.29, 1.82) is 0 Å². The number of rotatable bonds is 4. The van der Waals surface area contributed by atoms with Gasteiger partial charge in [-0.1, -0.05) is 13.3 Å². The van der Waals surface area contributed by atoms with Crippen LogP contribution in [0.2, 0.25) is 0 Å². The molecule has 0 aliphatic heterocycles. The van der Waals surface area contributed by atoms with Gasteiger partial charge in [0.2, 0.25) is 0 Å². The third-order valence-electron chi connectivity index (χ3n) is 1.95. The van der Waals surface area contributed by atoms with Crippen LogP contribution in [-0.2, 0) is 0 Å². The maximum Gasteiger partial charge on any atom is 0.255 e. The van der Waals surface area contributed by atoms with Gasteiger partial charge in [-0.05, 0) is 28.4 Å². The fraction of sp³-hybridized carbons (Fsp3) is 0.400. The molecule has 4 nitrogen and oxygen atoms in total. The number of nitrogens with two attached hydrogens (primary N) is 1.